The summed E-state index contributed by atoms with van der Waals surface area (Å²) in [5, 5.41) is 13.8. The summed E-state index contributed by atoms with van der Waals surface area (Å²) in [6.45, 7) is 2.12. The van der Waals surface area contributed by atoms with Crippen LogP contribution in [-0.2, 0) is 12.2 Å². The van der Waals surface area contributed by atoms with Crippen molar-refractivity contribution in [1.29, 1.82) is 0 Å². The fourth-order valence-electron chi connectivity index (χ4n) is 2.28. The van der Waals surface area contributed by atoms with E-state index in [1.807, 2.05) is 0 Å². The molecule has 2 unspecified atom stereocenters. The topological polar surface area (TPSA) is 59.2 Å². The molecule has 0 aromatic carbocycles. The van der Waals surface area contributed by atoms with E-state index in [4.69, 9.17) is 4.52 Å². The predicted octanol–water partition coefficient (Wildman–Crippen LogP) is 2.42. The third-order valence-electron chi connectivity index (χ3n) is 3.25. The van der Waals surface area contributed by atoms with E-state index in [0.29, 0.717) is 11.8 Å². The van der Waals surface area contributed by atoms with Crippen LogP contribution in [0, 0.1) is 5.92 Å². The first-order valence-electron chi connectivity index (χ1n) is 6.37. The lowest BCUT2D eigenvalue weighted by Crippen LogP contribution is -2.26. The number of hydrogen-bond acceptors (Lipinski definition) is 5. The Balaban J connectivity index is 1.87. The molecule has 1 saturated carbocycles. The van der Waals surface area contributed by atoms with Crippen LogP contribution in [0.1, 0.15) is 44.3 Å². The minimum atomic E-state index is -0.191. The van der Waals surface area contributed by atoms with Gasteiger partial charge in [0.25, 0.3) is 0 Å². The van der Waals surface area contributed by atoms with Crippen molar-refractivity contribution in [3.63, 3.8) is 0 Å². The third-order valence-corrected chi connectivity index (χ3v) is 4.12. The van der Waals surface area contributed by atoms with E-state index in [9.17, 15) is 5.11 Å². The highest BCUT2D eigenvalue weighted by Gasteiger charge is 2.25. The second kappa shape index (κ2) is 6.40. The Labute approximate surface area is 106 Å². The maximum absolute atomic E-state index is 9.88. The monoisotopic (exact) mass is 256 g/mol. The summed E-state index contributed by atoms with van der Waals surface area (Å²) in [6.07, 6.45) is 4.86. The van der Waals surface area contributed by atoms with Crippen molar-refractivity contribution in [2.75, 3.05) is 5.75 Å². The summed E-state index contributed by atoms with van der Waals surface area (Å²) in [5.74, 6) is 3.63. The molecule has 2 rings (SSSR count). The summed E-state index contributed by atoms with van der Waals surface area (Å²) in [6, 6.07) is 0. The smallest absolute Gasteiger partial charge is 0.227 e. The Kier molecular flexibility index (Phi) is 4.86. The van der Waals surface area contributed by atoms with Crippen molar-refractivity contribution in [1.82, 2.24) is 10.1 Å². The molecule has 1 N–H and O–H groups in total. The zero-order valence-corrected chi connectivity index (χ0v) is 11.1. The van der Waals surface area contributed by atoms with Gasteiger partial charge in [-0.05, 0) is 24.5 Å². The van der Waals surface area contributed by atoms with Crippen LogP contribution in [0.25, 0.3) is 0 Å². The number of rotatable bonds is 5. The Morgan fingerprint density at radius 2 is 2.24 bits per heavy atom. The highest BCUT2D eigenvalue weighted by molar-refractivity contribution is 7.98. The van der Waals surface area contributed by atoms with E-state index < -0.39 is 0 Å². The van der Waals surface area contributed by atoms with Crippen molar-refractivity contribution in [3.8, 4) is 0 Å². The van der Waals surface area contributed by atoms with Crippen LogP contribution < -0.4 is 0 Å². The number of hydrogen-bond donors (Lipinski definition) is 1. The second-order valence-corrected chi connectivity index (χ2v) is 5.83. The molecule has 2 atom stereocenters. The van der Waals surface area contributed by atoms with Gasteiger partial charge in [-0.3, -0.25) is 0 Å². The number of nitrogens with zero attached hydrogens (tertiary/aromatic N) is 2. The largest absolute Gasteiger partial charge is 0.393 e. The Hall–Kier alpha value is -0.550. The average Bonchev–Trinajstić information content (AvgIpc) is 2.77. The van der Waals surface area contributed by atoms with Crippen molar-refractivity contribution in [3.05, 3.63) is 11.7 Å². The molecule has 1 fully saturated rings. The van der Waals surface area contributed by atoms with Crippen molar-refractivity contribution >= 4 is 11.8 Å². The Morgan fingerprint density at radius 3 is 3.00 bits per heavy atom. The normalized spacial score (nSPS) is 25.1. The predicted molar refractivity (Wildman–Crippen MR) is 67.8 cm³/mol. The van der Waals surface area contributed by atoms with Crippen LogP contribution >= 0.6 is 11.8 Å². The van der Waals surface area contributed by atoms with Crippen LogP contribution in [0.4, 0.5) is 0 Å². The van der Waals surface area contributed by atoms with Crippen molar-refractivity contribution < 1.29 is 9.63 Å². The lowest BCUT2D eigenvalue weighted by atomic mass is 9.84. The van der Waals surface area contributed by atoms with Gasteiger partial charge < -0.3 is 9.63 Å². The van der Waals surface area contributed by atoms with Gasteiger partial charge in [-0.25, -0.2) is 0 Å². The van der Waals surface area contributed by atoms with Crippen molar-refractivity contribution in [2.24, 2.45) is 5.92 Å². The first kappa shape index (κ1) is 12.9. The molecule has 1 aromatic heterocycles. The third kappa shape index (κ3) is 3.71. The zero-order valence-electron chi connectivity index (χ0n) is 10.3. The van der Waals surface area contributed by atoms with E-state index >= 15 is 0 Å². The maximum atomic E-state index is 9.88. The summed E-state index contributed by atoms with van der Waals surface area (Å²) in [5.41, 5.74) is 0. The summed E-state index contributed by atoms with van der Waals surface area (Å²) in [4.78, 5) is 4.37. The molecule has 0 amide bonds. The van der Waals surface area contributed by atoms with Gasteiger partial charge in [0, 0.05) is 6.42 Å². The van der Waals surface area contributed by atoms with Gasteiger partial charge in [0.1, 0.15) is 0 Å². The van der Waals surface area contributed by atoms with E-state index in [-0.39, 0.29) is 6.10 Å². The van der Waals surface area contributed by atoms with Crippen LogP contribution in [0.15, 0.2) is 4.52 Å². The molecule has 96 valence electrons. The highest BCUT2D eigenvalue weighted by Crippen LogP contribution is 2.27. The number of thioether (sulfide) groups is 1. The average molecular weight is 256 g/mol. The molecule has 1 aromatic rings. The SMILES string of the molecule is CCSCc1noc(CC2CCCCC2O)n1. The molecule has 0 aliphatic heterocycles. The van der Waals surface area contributed by atoms with E-state index in [1.54, 1.807) is 11.8 Å². The van der Waals surface area contributed by atoms with E-state index in [0.717, 1.165) is 43.0 Å². The van der Waals surface area contributed by atoms with Crippen LogP contribution in [0.5, 0.6) is 0 Å². The first-order valence-corrected chi connectivity index (χ1v) is 7.52. The minimum absolute atomic E-state index is 0.191. The van der Waals surface area contributed by atoms with Gasteiger partial charge in [-0.1, -0.05) is 24.9 Å². The lowest BCUT2D eigenvalue weighted by Gasteiger charge is -2.26. The quantitative estimate of drug-likeness (QED) is 0.876. The van der Waals surface area contributed by atoms with Gasteiger partial charge in [0.15, 0.2) is 5.82 Å². The maximum Gasteiger partial charge on any atom is 0.227 e. The summed E-state index contributed by atoms with van der Waals surface area (Å²) >= 11 is 1.79. The highest BCUT2D eigenvalue weighted by atomic mass is 32.2. The number of aliphatic hydroxyl groups excluding tert-OH is 1. The molecule has 0 radical (unpaired) electrons. The second-order valence-electron chi connectivity index (χ2n) is 4.56. The lowest BCUT2D eigenvalue weighted by molar-refractivity contribution is 0.0657. The fraction of sp³-hybridized carbons (Fsp3) is 0.833. The molecule has 17 heavy (non-hydrogen) atoms. The molecule has 5 heteroatoms. The molecule has 1 aliphatic carbocycles. The van der Waals surface area contributed by atoms with Gasteiger partial charge in [0.2, 0.25) is 5.89 Å². The molecule has 0 saturated heterocycles. The molecular weight excluding hydrogens is 236 g/mol. The molecular formula is C12H20N2O2S. The van der Waals surface area contributed by atoms with Gasteiger partial charge in [-0.15, -0.1) is 0 Å². The molecule has 4 nitrogen and oxygen atoms in total. The van der Waals surface area contributed by atoms with Gasteiger partial charge >= 0.3 is 0 Å². The molecule has 0 bridgehead atoms. The fourth-order valence-corrected chi connectivity index (χ4v) is 2.78. The minimum Gasteiger partial charge on any atom is -0.393 e. The van der Waals surface area contributed by atoms with Crippen molar-refractivity contribution in [2.45, 2.75) is 50.9 Å². The standard InChI is InChI=1S/C12H20N2O2S/c1-2-17-8-11-13-12(16-14-11)7-9-5-3-4-6-10(9)15/h9-10,15H,2-8H2,1H3. The summed E-state index contributed by atoms with van der Waals surface area (Å²) in [7, 11) is 0. The molecule has 0 spiro atoms. The van der Waals surface area contributed by atoms with E-state index in [1.165, 1.54) is 6.42 Å². The first-order chi connectivity index (χ1) is 8.29. The van der Waals surface area contributed by atoms with Crippen LogP contribution in [0.2, 0.25) is 0 Å². The molecule has 1 heterocycles. The van der Waals surface area contributed by atoms with Gasteiger partial charge in [0.05, 0.1) is 11.9 Å². The summed E-state index contributed by atoms with van der Waals surface area (Å²) < 4.78 is 5.23. The van der Waals surface area contributed by atoms with Crippen LogP contribution in [-0.4, -0.2) is 27.1 Å². The van der Waals surface area contributed by atoms with Crippen LogP contribution in [0.3, 0.4) is 0 Å². The Bertz CT molecular complexity index is 343. The van der Waals surface area contributed by atoms with E-state index in [2.05, 4.69) is 17.1 Å². The Morgan fingerprint density at radius 1 is 1.41 bits per heavy atom. The zero-order chi connectivity index (χ0) is 12.1. The number of aromatic nitrogens is 2. The number of aliphatic hydroxyl groups is 1. The molecule has 1 aliphatic rings. The van der Waals surface area contributed by atoms with Gasteiger partial charge in [-0.2, -0.15) is 16.7 Å².